The van der Waals surface area contributed by atoms with E-state index in [0.29, 0.717) is 17.1 Å². The van der Waals surface area contributed by atoms with E-state index in [9.17, 15) is 0 Å². The number of aliphatic hydroxyl groups is 2. The summed E-state index contributed by atoms with van der Waals surface area (Å²) in [7, 11) is 1.51. The smallest absolute Gasteiger partial charge is 0.322 e. The summed E-state index contributed by atoms with van der Waals surface area (Å²) in [5.74, 6) is 0.942. The van der Waals surface area contributed by atoms with Crippen LogP contribution in [-0.4, -0.2) is 27.3 Å². The molecule has 1 aromatic heterocycles. The van der Waals surface area contributed by atoms with Gasteiger partial charge in [-0.15, -0.1) is 0 Å². The lowest BCUT2D eigenvalue weighted by Crippen LogP contribution is -1.96. The monoisotopic (exact) mass is 262 g/mol. The minimum absolute atomic E-state index is 0.0711. The van der Waals surface area contributed by atoms with E-state index in [2.05, 4.69) is 9.97 Å². The maximum absolute atomic E-state index is 9.05. The van der Waals surface area contributed by atoms with Gasteiger partial charge in [-0.3, -0.25) is 0 Å². The molecule has 6 nitrogen and oxygen atoms in total. The van der Waals surface area contributed by atoms with Crippen molar-refractivity contribution >= 4 is 0 Å². The fourth-order valence-corrected chi connectivity index (χ4v) is 1.47. The first-order valence-electron chi connectivity index (χ1n) is 5.64. The molecular weight excluding hydrogens is 248 g/mol. The Balaban J connectivity index is 2.21. The molecule has 2 rings (SSSR count). The van der Waals surface area contributed by atoms with Gasteiger partial charge in [-0.2, -0.15) is 0 Å². The second-order valence-corrected chi connectivity index (χ2v) is 3.78. The number of nitrogens with zero attached hydrogens (tertiary/aromatic N) is 2. The maximum Gasteiger partial charge on any atom is 0.322 e. The standard InChI is InChI=1S/C13H14N2O4/c1-18-12-4-9(7-16)2-3-11(12)19-13-14-5-10(8-17)6-15-13/h2-6,16-17H,7-8H2,1H3. The van der Waals surface area contributed by atoms with E-state index >= 15 is 0 Å². The molecule has 6 heteroatoms. The molecule has 0 spiro atoms. The van der Waals surface area contributed by atoms with E-state index < -0.39 is 0 Å². The maximum atomic E-state index is 9.05. The van der Waals surface area contributed by atoms with Gasteiger partial charge in [-0.05, 0) is 17.7 Å². The first-order chi connectivity index (χ1) is 9.26. The van der Waals surface area contributed by atoms with Gasteiger partial charge in [0.2, 0.25) is 0 Å². The van der Waals surface area contributed by atoms with E-state index in [4.69, 9.17) is 19.7 Å². The summed E-state index contributed by atoms with van der Waals surface area (Å²) in [4.78, 5) is 7.93. The van der Waals surface area contributed by atoms with Crippen LogP contribution in [0.4, 0.5) is 0 Å². The van der Waals surface area contributed by atoms with Gasteiger partial charge >= 0.3 is 6.01 Å². The summed E-state index contributed by atoms with van der Waals surface area (Å²) in [5.41, 5.74) is 1.33. The van der Waals surface area contributed by atoms with Crippen molar-refractivity contribution in [2.24, 2.45) is 0 Å². The summed E-state index contributed by atoms with van der Waals surface area (Å²) < 4.78 is 10.7. The number of ether oxygens (including phenoxy) is 2. The number of aromatic nitrogens is 2. The molecule has 100 valence electrons. The summed E-state index contributed by atoms with van der Waals surface area (Å²) >= 11 is 0. The zero-order chi connectivity index (χ0) is 13.7. The van der Waals surface area contributed by atoms with Gasteiger partial charge in [-0.25, -0.2) is 9.97 Å². The Morgan fingerprint density at radius 2 is 1.68 bits per heavy atom. The molecule has 0 aliphatic carbocycles. The molecule has 1 aromatic carbocycles. The number of hydrogen-bond donors (Lipinski definition) is 2. The molecule has 2 N–H and O–H groups in total. The van der Waals surface area contributed by atoms with E-state index in [0.717, 1.165) is 5.56 Å². The Morgan fingerprint density at radius 1 is 1.00 bits per heavy atom. The lowest BCUT2D eigenvalue weighted by molar-refractivity contribution is 0.279. The molecule has 2 aromatic rings. The van der Waals surface area contributed by atoms with Crippen LogP contribution in [0.15, 0.2) is 30.6 Å². The summed E-state index contributed by atoms with van der Waals surface area (Å²) in [6.45, 7) is -0.187. The van der Waals surface area contributed by atoms with E-state index in [-0.39, 0.29) is 19.2 Å². The summed E-state index contributed by atoms with van der Waals surface area (Å²) in [6, 6.07) is 5.23. The fraction of sp³-hybridized carbons (Fsp3) is 0.231. The van der Waals surface area contributed by atoms with Crippen molar-refractivity contribution in [2.45, 2.75) is 13.2 Å². The van der Waals surface area contributed by atoms with E-state index in [1.165, 1.54) is 19.5 Å². The molecule has 0 aliphatic heterocycles. The van der Waals surface area contributed by atoms with Crippen molar-refractivity contribution in [3.8, 4) is 17.5 Å². The van der Waals surface area contributed by atoms with Crippen molar-refractivity contribution in [3.63, 3.8) is 0 Å². The summed E-state index contributed by atoms with van der Waals surface area (Å²) in [5, 5.41) is 17.9. The lowest BCUT2D eigenvalue weighted by atomic mass is 10.2. The minimum Gasteiger partial charge on any atom is -0.493 e. The predicted molar refractivity (Wildman–Crippen MR) is 66.9 cm³/mol. The molecule has 0 bridgehead atoms. The first kappa shape index (κ1) is 13.3. The molecular formula is C13H14N2O4. The molecule has 0 atom stereocenters. The van der Waals surface area contributed by atoms with Crippen LogP contribution >= 0.6 is 0 Å². The molecule has 0 saturated heterocycles. The van der Waals surface area contributed by atoms with Gasteiger partial charge in [-0.1, -0.05) is 6.07 Å². The average molecular weight is 262 g/mol. The third-order valence-corrected chi connectivity index (χ3v) is 2.48. The Kier molecular flexibility index (Phi) is 4.27. The number of benzene rings is 1. The Morgan fingerprint density at radius 3 is 2.26 bits per heavy atom. The van der Waals surface area contributed by atoms with Crippen molar-refractivity contribution in [1.82, 2.24) is 9.97 Å². The van der Waals surface area contributed by atoms with Crippen LogP contribution in [0.1, 0.15) is 11.1 Å². The number of methoxy groups -OCH3 is 1. The highest BCUT2D eigenvalue weighted by atomic mass is 16.5. The minimum atomic E-state index is -0.116. The van der Waals surface area contributed by atoms with Gasteiger partial charge in [0, 0.05) is 18.0 Å². The van der Waals surface area contributed by atoms with Crippen LogP contribution in [-0.2, 0) is 13.2 Å². The molecule has 0 unspecified atom stereocenters. The van der Waals surface area contributed by atoms with Crippen molar-refractivity contribution < 1.29 is 19.7 Å². The number of rotatable bonds is 5. The molecule has 0 radical (unpaired) electrons. The van der Waals surface area contributed by atoms with Crippen LogP contribution in [0.3, 0.4) is 0 Å². The largest absolute Gasteiger partial charge is 0.493 e. The van der Waals surface area contributed by atoms with Crippen molar-refractivity contribution in [1.29, 1.82) is 0 Å². The number of aliphatic hydroxyl groups excluding tert-OH is 2. The molecule has 19 heavy (non-hydrogen) atoms. The Labute approximate surface area is 110 Å². The average Bonchev–Trinajstić information content (AvgIpc) is 2.48. The van der Waals surface area contributed by atoms with Crippen LogP contribution in [0.25, 0.3) is 0 Å². The Hall–Kier alpha value is -2.18. The third-order valence-electron chi connectivity index (χ3n) is 2.48. The lowest BCUT2D eigenvalue weighted by Gasteiger charge is -2.10. The van der Waals surface area contributed by atoms with Crippen LogP contribution in [0, 0.1) is 0 Å². The quantitative estimate of drug-likeness (QED) is 0.844. The third kappa shape index (κ3) is 3.18. The fourth-order valence-electron chi connectivity index (χ4n) is 1.47. The van der Waals surface area contributed by atoms with Crippen LogP contribution in [0.2, 0.25) is 0 Å². The number of hydrogen-bond acceptors (Lipinski definition) is 6. The normalized spacial score (nSPS) is 10.3. The first-order valence-corrected chi connectivity index (χ1v) is 5.64. The SMILES string of the molecule is COc1cc(CO)ccc1Oc1ncc(CO)cn1. The van der Waals surface area contributed by atoms with Gasteiger partial charge in [0.1, 0.15) is 0 Å². The van der Waals surface area contributed by atoms with Gasteiger partial charge in [0.15, 0.2) is 11.5 Å². The van der Waals surface area contributed by atoms with Gasteiger partial charge in [0.25, 0.3) is 0 Å². The molecule has 0 fully saturated rings. The van der Waals surface area contributed by atoms with Crippen molar-refractivity contribution in [3.05, 3.63) is 41.7 Å². The van der Waals surface area contributed by atoms with Crippen LogP contribution in [0.5, 0.6) is 17.5 Å². The van der Waals surface area contributed by atoms with E-state index in [1.54, 1.807) is 18.2 Å². The highest BCUT2D eigenvalue weighted by molar-refractivity contribution is 5.43. The molecule has 0 aliphatic rings. The zero-order valence-electron chi connectivity index (χ0n) is 10.4. The summed E-state index contributed by atoms with van der Waals surface area (Å²) in [6.07, 6.45) is 2.97. The topological polar surface area (TPSA) is 84.7 Å². The highest BCUT2D eigenvalue weighted by Crippen LogP contribution is 2.30. The molecule has 0 amide bonds. The highest BCUT2D eigenvalue weighted by Gasteiger charge is 2.08. The van der Waals surface area contributed by atoms with Crippen molar-refractivity contribution in [2.75, 3.05) is 7.11 Å². The zero-order valence-corrected chi connectivity index (χ0v) is 10.4. The van der Waals surface area contributed by atoms with Gasteiger partial charge < -0.3 is 19.7 Å². The second kappa shape index (κ2) is 6.12. The Bertz CT molecular complexity index is 543. The second-order valence-electron chi connectivity index (χ2n) is 3.78. The van der Waals surface area contributed by atoms with Gasteiger partial charge in [0.05, 0.1) is 20.3 Å². The van der Waals surface area contributed by atoms with Crippen LogP contribution < -0.4 is 9.47 Å². The van der Waals surface area contributed by atoms with E-state index in [1.807, 2.05) is 0 Å². The molecule has 1 heterocycles. The molecule has 0 saturated carbocycles. The predicted octanol–water partition coefficient (Wildman–Crippen LogP) is 1.26.